The predicted molar refractivity (Wildman–Crippen MR) is 117 cm³/mol. The molecule has 2 aromatic carbocycles. The number of nitrogens with one attached hydrogen (secondary N) is 1. The molecule has 1 fully saturated rings. The first-order valence-electron chi connectivity index (χ1n) is 8.94. The summed E-state index contributed by atoms with van der Waals surface area (Å²) in [6.45, 7) is 7.21. The first-order valence-corrected chi connectivity index (χ1v) is 10.2. The van der Waals surface area contributed by atoms with Crippen molar-refractivity contribution in [2.75, 3.05) is 0 Å². The summed E-state index contributed by atoms with van der Waals surface area (Å²) < 4.78 is 6.40. The van der Waals surface area contributed by atoms with Crippen LogP contribution in [0.2, 0.25) is 0 Å². The first-order chi connectivity index (χ1) is 12.9. The van der Waals surface area contributed by atoms with Crippen LogP contribution in [0.1, 0.15) is 43.9 Å². The monoisotopic (exact) mass is 397 g/mol. The third-order valence-electron chi connectivity index (χ3n) is 4.84. The lowest BCUT2D eigenvalue weighted by atomic mass is 9.82. The molecular weight excluding hydrogens is 374 g/mol. The van der Waals surface area contributed by atoms with Gasteiger partial charge in [-0.3, -0.25) is 4.79 Å². The van der Waals surface area contributed by atoms with Gasteiger partial charge in [0.1, 0.15) is 16.7 Å². The summed E-state index contributed by atoms with van der Waals surface area (Å²) in [5, 5.41) is 2.62. The Morgan fingerprint density at radius 3 is 2.33 bits per heavy atom. The Morgan fingerprint density at radius 1 is 1.11 bits per heavy atom. The van der Waals surface area contributed by atoms with E-state index in [1.54, 1.807) is 0 Å². The molecule has 1 N–H and O–H groups in total. The van der Waals surface area contributed by atoms with E-state index < -0.39 is 0 Å². The summed E-state index contributed by atoms with van der Waals surface area (Å²) in [5.74, 6) is 0.733. The molecule has 27 heavy (non-hydrogen) atoms. The van der Waals surface area contributed by atoms with Crippen LogP contribution in [0.5, 0.6) is 5.75 Å². The summed E-state index contributed by atoms with van der Waals surface area (Å²) >= 11 is 6.29. The van der Waals surface area contributed by atoms with E-state index >= 15 is 0 Å². The average Bonchev–Trinajstić information content (AvgIpc) is 2.98. The highest BCUT2D eigenvalue weighted by Crippen LogP contribution is 2.28. The molecular formula is C22H23NO2S2. The second-order valence-electron chi connectivity index (χ2n) is 7.14. The van der Waals surface area contributed by atoms with Crippen molar-refractivity contribution in [3.8, 4) is 5.75 Å². The molecule has 5 heteroatoms. The maximum absolute atomic E-state index is 11.7. The second kappa shape index (κ2) is 8.28. The Hall–Kier alpha value is -2.11. The standard InChI is InChI=1S/C22H23NO2S2/c1-4-22(2,3)17-9-11-18(12-10-17)25-14-16-7-5-15(6-8-16)13-19-20(24)23-21(26)27-19/h5-13H,4,14H2,1-3H3,(H,23,24,26)/b19-13+. The predicted octanol–water partition coefficient (Wildman–Crippen LogP) is 5.44. The minimum atomic E-state index is -0.132. The highest BCUT2D eigenvalue weighted by Gasteiger charge is 2.21. The largest absolute Gasteiger partial charge is 0.489 e. The number of carbonyl (C=O) groups excluding carboxylic acids is 1. The van der Waals surface area contributed by atoms with Gasteiger partial charge in [-0.25, -0.2) is 0 Å². The van der Waals surface area contributed by atoms with Crippen LogP contribution >= 0.6 is 24.0 Å². The van der Waals surface area contributed by atoms with E-state index in [0.717, 1.165) is 23.3 Å². The van der Waals surface area contributed by atoms with Crippen molar-refractivity contribution in [1.82, 2.24) is 5.32 Å². The Balaban J connectivity index is 1.60. The van der Waals surface area contributed by atoms with Crippen molar-refractivity contribution in [2.24, 2.45) is 0 Å². The molecule has 0 radical (unpaired) electrons. The van der Waals surface area contributed by atoms with Gasteiger partial charge >= 0.3 is 0 Å². The lowest BCUT2D eigenvalue weighted by Crippen LogP contribution is -2.17. The number of amides is 1. The number of thiocarbonyl (C=S) groups is 1. The van der Waals surface area contributed by atoms with Gasteiger partial charge in [0.25, 0.3) is 5.91 Å². The van der Waals surface area contributed by atoms with E-state index in [1.807, 2.05) is 42.5 Å². The molecule has 1 amide bonds. The summed E-state index contributed by atoms with van der Waals surface area (Å²) in [6.07, 6.45) is 2.94. The summed E-state index contributed by atoms with van der Waals surface area (Å²) in [4.78, 5) is 12.3. The molecule has 0 bridgehead atoms. The molecule has 0 unspecified atom stereocenters. The zero-order valence-corrected chi connectivity index (χ0v) is 17.4. The van der Waals surface area contributed by atoms with Crippen LogP contribution in [0.4, 0.5) is 0 Å². The maximum Gasteiger partial charge on any atom is 0.263 e. The van der Waals surface area contributed by atoms with E-state index in [2.05, 4.69) is 38.2 Å². The number of thioether (sulfide) groups is 1. The van der Waals surface area contributed by atoms with Crippen LogP contribution < -0.4 is 10.1 Å². The third-order valence-corrected chi connectivity index (χ3v) is 6.01. The number of rotatable bonds is 6. The van der Waals surface area contributed by atoms with Gasteiger partial charge in [0.05, 0.1) is 4.91 Å². The van der Waals surface area contributed by atoms with Crippen LogP contribution in [-0.2, 0) is 16.8 Å². The molecule has 140 valence electrons. The van der Waals surface area contributed by atoms with Gasteiger partial charge in [0.15, 0.2) is 0 Å². The molecule has 0 aliphatic carbocycles. The average molecular weight is 398 g/mol. The maximum atomic E-state index is 11.7. The van der Waals surface area contributed by atoms with E-state index in [-0.39, 0.29) is 11.3 Å². The van der Waals surface area contributed by atoms with Crippen LogP contribution in [-0.4, -0.2) is 10.2 Å². The fourth-order valence-corrected chi connectivity index (χ4v) is 3.70. The molecule has 3 rings (SSSR count). The zero-order valence-electron chi connectivity index (χ0n) is 15.7. The quantitative estimate of drug-likeness (QED) is 0.520. The van der Waals surface area contributed by atoms with Gasteiger partial charge in [0.2, 0.25) is 0 Å². The van der Waals surface area contributed by atoms with Crippen LogP contribution in [0.3, 0.4) is 0 Å². The molecule has 1 aliphatic rings. The lowest BCUT2D eigenvalue weighted by Gasteiger charge is -2.23. The van der Waals surface area contributed by atoms with E-state index in [4.69, 9.17) is 17.0 Å². The molecule has 3 nitrogen and oxygen atoms in total. The number of ether oxygens (including phenoxy) is 1. The third kappa shape index (κ3) is 4.99. The van der Waals surface area contributed by atoms with Crippen molar-refractivity contribution in [1.29, 1.82) is 0 Å². The van der Waals surface area contributed by atoms with Crippen LogP contribution in [0, 0.1) is 0 Å². The molecule has 2 aromatic rings. The molecule has 0 atom stereocenters. The topological polar surface area (TPSA) is 38.3 Å². The Labute approximate surface area is 170 Å². The summed E-state index contributed by atoms with van der Waals surface area (Å²) in [6, 6.07) is 16.3. The van der Waals surface area contributed by atoms with Gasteiger partial charge in [0, 0.05) is 0 Å². The molecule has 1 saturated heterocycles. The highest BCUT2D eigenvalue weighted by molar-refractivity contribution is 8.26. The van der Waals surface area contributed by atoms with Crippen molar-refractivity contribution in [2.45, 2.75) is 39.2 Å². The number of hydrogen-bond donors (Lipinski definition) is 1. The van der Waals surface area contributed by atoms with E-state index in [0.29, 0.717) is 15.8 Å². The van der Waals surface area contributed by atoms with Crippen LogP contribution in [0.25, 0.3) is 6.08 Å². The van der Waals surface area contributed by atoms with Gasteiger partial charge in [-0.15, -0.1) is 0 Å². The highest BCUT2D eigenvalue weighted by atomic mass is 32.2. The Kier molecular flexibility index (Phi) is 6.02. The van der Waals surface area contributed by atoms with Crippen LogP contribution in [0.15, 0.2) is 53.4 Å². The molecule has 0 saturated carbocycles. The van der Waals surface area contributed by atoms with Gasteiger partial charge in [-0.2, -0.15) is 0 Å². The van der Waals surface area contributed by atoms with Crippen molar-refractivity contribution in [3.05, 3.63) is 70.1 Å². The number of benzene rings is 2. The minimum absolute atomic E-state index is 0.132. The Bertz CT molecular complexity index is 868. The summed E-state index contributed by atoms with van der Waals surface area (Å²) in [5.41, 5.74) is 3.55. The number of hydrogen-bond acceptors (Lipinski definition) is 4. The van der Waals surface area contributed by atoms with Gasteiger partial charge in [-0.05, 0) is 46.7 Å². The molecule has 0 aromatic heterocycles. The van der Waals surface area contributed by atoms with Gasteiger partial charge in [-0.1, -0.05) is 81.1 Å². The smallest absolute Gasteiger partial charge is 0.263 e. The SMILES string of the molecule is CCC(C)(C)c1ccc(OCc2ccc(/C=C3/SC(=S)NC3=O)cc2)cc1. The molecule has 0 spiro atoms. The number of carbonyl (C=O) groups is 1. The fraction of sp³-hybridized carbons (Fsp3) is 0.273. The van der Waals surface area contributed by atoms with Gasteiger partial charge < -0.3 is 10.1 Å². The molecule has 1 aliphatic heterocycles. The Morgan fingerprint density at radius 2 is 1.78 bits per heavy atom. The van der Waals surface area contributed by atoms with E-state index in [9.17, 15) is 4.79 Å². The van der Waals surface area contributed by atoms with Crippen molar-refractivity contribution >= 4 is 40.3 Å². The summed E-state index contributed by atoms with van der Waals surface area (Å²) in [7, 11) is 0. The fourth-order valence-electron chi connectivity index (χ4n) is 2.66. The van der Waals surface area contributed by atoms with Crippen molar-refractivity contribution < 1.29 is 9.53 Å². The zero-order chi connectivity index (χ0) is 19.4. The normalized spacial score (nSPS) is 15.9. The minimum Gasteiger partial charge on any atom is -0.489 e. The first kappa shape index (κ1) is 19.6. The second-order valence-corrected chi connectivity index (χ2v) is 8.86. The lowest BCUT2D eigenvalue weighted by molar-refractivity contribution is -0.115. The molecule has 1 heterocycles. The van der Waals surface area contributed by atoms with Crippen molar-refractivity contribution in [3.63, 3.8) is 0 Å². The van der Waals surface area contributed by atoms with E-state index in [1.165, 1.54) is 17.3 Å².